The number of aliphatic hydroxyl groups is 1. The summed E-state index contributed by atoms with van der Waals surface area (Å²) >= 11 is 0. The minimum Gasteiger partial charge on any atom is -0.406 e. The lowest BCUT2D eigenvalue weighted by molar-refractivity contribution is -0.274. The molecule has 98 valence electrons. The molecular weight excluding hydrogens is 266 g/mol. The van der Waals surface area contributed by atoms with Crippen LogP contribution in [0.4, 0.5) is 17.6 Å². The van der Waals surface area contributed by atoms with Gasteiger partial charge in [0.15, 0.2) is 0 Å². The van der Waals surface area contributed by atoms with Crippen LogP contribution in [0.1, 0.15) is 11.6 Å². The van der Waals surface area contributed by atoms with Crippen LogP contribution in [0.15, 0.2) is 18.2 Å². The number of hydrogen-bond acceptors (Lipinski definition) is 3. The largest absolute Gasteiger partial charge is 0.573 e. The lowest BCUT2D eigenvalue weighted by Crippen LogP contribution is -2.19. The molecule has 0 aromatic heterocycles. The zero-order valence-corrected chi connectivity index (χ0v) is 9.19. The number of ether oxygens (including phenoxy) is 1. The van der Waals surface area contributed by atoms with E-state index in [0.717, 1.165) is 18.2 Å². The molecule has 0 radical (unpaired) electrons. The number of aliphatic hydroxyl groups excluding tert-OH is 1. The summed E-state index contributed by atoms with van der Waals surface area (Å²) in [6.45, 7) is -0.577. The molecule has 0 saturated heterocycles. The van der Waals surface area contributed by atoms with E-state index in [0.29, 0.717) is 0 Å². The maximum atomic E-state index is 13.1. The lowest BCUT2D eigenvalue weighted by Gasteiger charge is -2.13. The van der Waals surface area contributed by atoms with Crippen molar-refractivity contribution in [1.82, 2.24) is 0 Å². The van der Waals surface area contributed by atoms with Crippen molar-refractivity contribution in [3.63, 3.8) is 0 Å². The molecule has 0 spiro atoms. The molecule has 0 fully saturated rings. The van der Waals surface area contributed by atoms with Crippen LogP contribution in [0.5, 0.6) is 5.75 Å². The van der Waals surface area contributed by atoms with Gasteiger partial charge in [-0.05, 0) is 18.2 Å². The van der Waals surface area contributed by atoms with Crippen LogP contribution >= 0.6 is 12.4 Å². The van der Waals surface area contributed by atoms with Gasteiger partial charge in [0, 0.05) is 5.56 Å². The van der Waals surface area contributed by atoms with Gasteiger partial charge in [0.05, 0.1) is 12.6 Å². The molecule has 1 rings (SSSR count). The van der Waals surface area contributed by atoms with Crippen molar-refractivity contribution < 1.29 is 27.4 Å². The predicted octanol–water partition coefficient (Wildman–Crippen LogP) is 2.14. The molecule has 1 atom stereocenters. The van der Waals surface area contributed by atoms with Crippen molar-refractivity contribution in [2.24, 2.45) is 5.73 Å². The molecule has 0 heterocycles. The standard InChI is InChI=1S/C9H9F4NO2.ClH/c10-7-2-1-5(16-9(11,12)13)3-6(7)8(14)4-15;/h1-3,8,15H,4,14H2;1H/t8-;/m1./s1. The average Bonchev–Trinajstić information content (AvgIpc) is 2.18. The van der Waals surface area contributed by atoms with Gasteiger partial charge in [-0.15, -0.1) is 25.6 Å². The third kappa shape index (κ3) is 4.76. The molecule has 3 N–H and O–H groups in total. The van der Waals surface area contributed by atoms with Gasteiger partial charge in [0.25, 0.3) is 0 Å². The minimum atomic E-state index is -4.85. The summed E-state index contributed by atoms with van der Waals surface area (Å²) in [6.07, 6.45) is -4.85. The average molecular weight is 276 g/mol. The first kappa shape index (κ1) is 16.0. The van der Waals surface area contributed by atoms with Crippen molar-refractivity contribution >= 4 is 12.4 Å². The zero-order chi connectivity index (χ0) is 12.3. The van der Waals surface area contributed by atoms with Gasteiger partial charge in [-0.3, -0.25) is 0 Å². The first-order valence-electron chi connectivity index (χ1n) is 4.25. The van der Waals surface area contributed by atoms with E-state index in [1.165, 1.54) is 0 Å². The Kier molecular flexibility index (Phi) is 5.67. The maximum Gasteiger partial charge on any atom is 0.573 e. The van der Waals surface area contributed by atoms with Gasteiger partial charge in [-0.25, -0.2) is 4.39 Å². The number of rotatable bonds is 3. The molecule has 17 heavy (non-hydrogen) atoms. The van der Waals surface area contributed by atoms with Crippen molar-refractivity contribution in [3.05, 3.63) is 29.6 Å². The lowest BCUT2D eigenvalue weighted by atomic mass is 10.1. The van der Waals surface area contributed by atoms with E-state index >= 15 is 0 Å². The Labute approximate surface area is 101 Å². The Morgan fingerprint density at radius 1 is 1.35 bits per heavy atom. The van der Waals surface area contributed by atoms with E-state index in [-0.39, 0.29) is 18.0 Å². The smallest absolute Gasteiger partial charge is 0.406 e. The van der Waals surface area contributed by atoms with Crippen LogP contribution in [0.2, 0.25) is 0 Å². The summed E-state index contributed by atoms with van der Waals surface area (Å²) in [5.41, 5.74) is 5.07. The highest BCUT2D eigenvalue weighted by atomic mass is 35.5. The van der Waals surface area contributed by atoms with Crippen molar-refractivity contribution in [1.29, 1.82) is 0 Å². The topological polar surface area (TPSA) is 55.5 Å². The van der Waals surface area contributed by atoms with Crippen LogP contribution < -0.4 is 10.5 Å². The van der Waals surface area contributed by atoms with Crippen molar-refractivity contribution in [2.75, 3.05) is 6.61 Å². The number of alkyl halides is 3. The Balaban J connectivity index is 0.00000256. The van der Waals surface area contributed by atoms with E-state index < -0.39 is 30.6 Å². The third-order valence-electron chi connectivity index (χ3n) is 1.80. The van der Waals surface area contributed by atoms with Crippen LogP contribution in [-0.2, 0) is 0 Å². The third-order valence-corrected chi connectivity index (χ3v) is 1.80. The minimum absolute atomic E-state index is 0. The summed E-state index contributed by atoms with van der Waals surface area (Å²) in [4.78, 5) is 0. The van der Waals surface area contributed by atoms with Gasteiger partial charge in [-0.1, -0.05) is 0 Å². The number of halogens is 5. The van der Waals surface area contributed by atoms with Crippen LogP contribution in [-0.4, -0.2) is 18.1 Å². The highest BCUT2D eigenvalue weighted by Gasteiger charge is 2.31. The Hall–Kier alpha value is -1.05. The Morgan fingerprint density at radius 3 is 2.41 bits per heavy atom. The molecule has 0 aliphatic rings. The first-order valence-corrected chi connectivity index (χ1v) is 4.25. The van der Waals surface area contributed by atoms with Crippen molar-refractivity contribution in [3.8, 4) is 5.75 Å². The van der Waals surface area contributed by atoms with E-state index in [1.54, 1.807) is 0 Å². The normalized spacial score (nSPS) is 12.8. The second kappa shape index (κ2) is 6.04. The molecule has 0 saturated carbocycles. The quantitative estimate of drug-likeness (QED) is 0.831. The van der Waals surface area contributed by atoms with E-state index in [4.69, 9.17) is 10.8 Å². The molecule has 0 amide bonds. The molecule has 0 unspecified atom stereocenters. The molecule has 0 bridgehead atoms. The molecule has 0 aliphatic heterocycles. The highest BCUT2D eigenvalue weighted by Crippen LogP contribution is 2.26. The fraction of sp³-hybridized carbons (Fsp3) is 0.333. The zero-order valence-electron chi connectivity index (χ0n) is 8.37. The highest BCUT2D eigenvalue weighted by molar-refractivity contribution is 5.85. The van der Waals surface area contributed by atoms with Crippen LogP contribution in [0, 0.1) is 5.82 Å². The van der Waals surface area contributed by atoms with Gasteiger partial charge in [0.1, 0.15) is 11.6 Å². The van der Waals surface area contributed by atoms with Gasteiger partial charge < -0.3 is 15.6 Å². The van der Waals surface area contributed by atoms with E-state index in [2.05, 4.69) is 4.74 Å². The molecule has 8 heteroatoms. The van der Waals surface area contributed by atoms with Gasteiger partial charge in [0.2, 0.25) is 0 Å². The summed E-state index contributed by atoms with van der Waals surface area (Å²) in [7, 11) is 0. The SMILES string of the molecule is Cl.N[C@H](CO)c1cc(OC(F)(F)F)ccc1F. The Morgan fingerprint density at radius 2 is 1.94 bits per heavy atom. The molecule has 1 aromatic carbocycles. The first-order chi connectivity index (χ1) is 7.33. The summed E-state index contributed by atoms with van der Waals surface area (Å²) in [5, 5.41) is 8.68. The fourth-order valence-corrected chi connectivity index (χ4v) is 1.10. The fourth-order valence-electron chi connectivity index (χ4n) is 1.10. The summed E-state index contributed by atoms with van der Waals surface area (Å²) in [5.74, 6) is -1.37. The number of hydrogen-bond donors (Lipinski definition) is 2. The molecule has 0 aliphatic carbocycles. The monoisotopic (exact) mass is 275 g/mol. The predicted molar refractivity (Wildman–Crippen MR) is 54.3 cm³/mol. The van der Waals surface area contributed by atoms with Gasteiger partial charge in [-0.2, -0.15) is 0 Å². The summed E-state index contributed by atoms with van der Waals surface area (Å²) in [6, 6.07) is 1.35. The second-order valence-corrected chi connectivity index (χ2v) is 3.02. The van der Waals surface area contributed by atoms with Crippen molar-refractivity contribution in [2.45, 2.75) is 12.4 Å². The molecule has 1 aromatic rings. The number of benzene rings is 1. The van der Waals surface area contributed by atoms with E-state index in [1.807, 2.05) is 0 Å². The molecule has 3 nitrogen and oxygen atoms in total. The van der Waals surface area contributed by atoms with Gasteiger partial charge >= 0.3 is 6.36 Å². The Bertz CT molecular complexity index is 373. The van der Waals surface area contributed by atoms with Crippen LogP contribution in [0.3, 0.4) is 0 Å². The molecular formula is C9H10ClF4NO2. The van der Waals surface area contributed by atoms with Crippen LogP contribution in [0.25, 0.3) is 0 Å². The number of nitrogens with two attached hydrogens (primary N) is 1. The van der Waals surface area contributed by atoms with E-state index in [9.17, 15) is 17.6 Å². The summed E-state index contributed by atoms with van der Waals surface area (Å²) < 4.78 is 52.3. The second-order valence-electron chi connectivity index (χ2n) is 3.02. The maximum absolute atomic E-state index is 13.1.